The molecule has 0 spiro atoms. The van der Waals surface area contributed by atoms with E-state index in [1.807, 2.05) is 29.8 Å². The van der Waals surface area contributed by atoms with E-state index in [-0.39, 0.29) is 12.5 Å². The van der Waals surface area contributed by atoms with Crippen molar-refractivity contribution < 1.29 is 23.7 Å². The number of hydrogen-bond donors (Lipinski definition) is 1. The molecule has 0 unspecified atom stereocenters. The van der Waals surface area contributed by atoms with Crippen molar-refractivity contribution in [2.45, 2.75) is 6.92 Å². The number of ether oxygens (including phenoxy) is 4. The zero-order valence-electron chi connectivity index (χ0n) is 15.6. The molecule has 0 aliphatic rings. The molecule has 1 aromatic carbocycles. The largest absolute Gasteiger partial charge is 0.493 e. The van der Waals surface area contributed by atoms with Gasteiger partial charge in [-0.05, 0) is 19.1 Å². The Hall–Kier alpha value is -3.42. The van der Waals surface area contributed by atoms with Gasteiger partial charge >= 0.3 is 0 Å². The second kappa shape index (κ2) is 7.86. The Kier molecular flexibility index (Phi) is 5.35. The Morgan fingerprint density at radius 3 is 2.44 bits per heavy atom. The van der Waals surface area contributed by atoms with Gasteiger partial charge in [0.05, 0.1) is 27.0 Å². The van der Waals surface area contributed by atoms with Gasteiger partial charge in [-0.15, -0.1) is 0 Å². The summed E-state index contributed by atoms with van der Waals surface area (Å²) in [5.74, 6) is 1.56. The van der Waals surface area contributed by atoms with E-state index >= 15 is 0 Å². The lowest BCUT2D eigenvalue weighted by molar-refractivity contribution is -0.118. The van der Waals surface area contributed by atoms with E-state index in [4.69, 9.17) is 18.9 Å². The normalized spacial score (nSPS) is 10.5. The number of rotatable bonds is 7. The average Bonchev–Trinajstić information content (AvgIpc) is 3.06. The number of aromatic nitrogens is 2. The molecule has 2 heterocycles. The molecule has 3 rings (SSSR count). The lowest BCUT2D eigenvalue weighted by atomic mass is 10.2. The Morgan fingerprint density at radius 2 is 1.81 bits per heavy atom. The Bertz CT molecular complexity index is 942. The van der Waals surface area contributed by atoms with Crippen molar-refractivity contribution >= 4 is 17.2 Å². The maximum absolute atomic E-state index is 12.3. The molecule has 1 N–H and O–H groups in total. The van der Waals surface area contributed by atoms with E-state index in [1.165, 1.54) is 21.3 Å². The van der Waals surface area contributed by atoms with Gasteiger partial charge < -0.3 is 28.7 Å². The Balaban J connectivity index is 1.72. The van der Waals surface area contributed by atoms with Crippen molar-refractivity contribution in [3.8, 4) is 23.0 Å². The Morgan fingerprint density at radius 1 is 1.11 bits per heavy atom. The SMILES string of the molecule is COc1cc(NC(=O)COc2cccn3cc(C)nc23)cc(OC)c1OC. The molecule has 0 aliphatic heterocycles. The second-order valence-corrected chi connectivity index (χ2v) is 5.74. The fourth-order valence-corrected chi connectivity index (χ4v) is 2.72. The van der Waals surface area contributed by atoms with Crippen LogP contribution < -0.4 is 24.3 Å². The van der Waals surface area contributed by atoms with Gasteiger partial charge in [-0.3, -0.25) is 4.79 Å². The van der Waals surface area contributed by atoms with Gasteiger partial charge in [0.25, 0.3) is 5.91 Å². The molecule has 1 amide bonds. The van der Waals surface area contributed by atoms with E-state index in [0.29, 0.717) is 34.3 Å². The summed E-state index contributed by atoms with van der Waals surface area (Å²) in [6, 6.07) is 6.91. The first-order chi connectivity index (χ1) is 13.0. The fraction of sp³-hybridized carbons (Fsp3) is 0.263. The van der Waals surface area contributed by atoms with Crippen LogP contribution in [0.3, 0.4) is 0 Å². The van der Waals surface area contributed by atoms with Gasteiger partial charge in [-0.1, -0.05) is 0 Å². The second-order valence-electron chi connectivity index (χ2n) is 5.74. The highest BCUT2D eigenvalue weighted by Crippen LogP contribution is 2.39. The molecule has 27 heavy (non-hydrogen) atoms. The summed E-state index contributed by atoms with van der Waals surface area (Å²) in [7, 11) is 4.54. The number of anilines is 1. The summed E-state index contributed by atoms with van der Waals surface area (Å²) in [5, 5.41) is 2.76. The third-order valence-electron chi connectivity index (χ3n) is 3.87. The predicted octanol–water partition coefficient (Wildman–Crippen LogP) is 2.69. The molecular formula is C19H21N3O5. The first-order valence-corrected chi connectivity index (χ1v) is 8.22. The monoisotopic (exact) mass is 371 g/mol. The summed E-state index contributed by atoms with van der Waals surface area (Å²) < 4.78 is 23.3. The number of amides is 1. The number of imidazole rings is 1. The molecule has 3 aromatic rings. The lowest BCUT2D eigenvalue weighted by Gasteiger charge is -2.14. The third-order valence-corrected chi connectivity index (χ3v) is 3.87. The summed E-state index contributed by atoms with van der Waals surface area (Å²) in [6.45, 7) is 1.73. The summed E-state index contributed by atoms with van der Waals surface area (Å²) >= 11 is 0. The number of carbonyl (C=O) groups excluding carboxylic acids is 1. The first-order valence-electron chi connectivity index (χ1n) is 8.22. The number of nitrogens with zero attached hydrogens (tertiary/aromatic N) is 2. The number of benzene rings is 1. The van der Waals surface area contributed by atoms with E-state index in [0.717, 1.165) is 5.69 Å². The van der Waals surface area contributed by atoms with Crippen molar-refractivity contribution in [2.24, 2.45) is 0 Å². The minimum atomic E-state index is -0.324. The molecule has 8 heteroatoms. The average molecular weight is 371 g/mol. The van der Waals surface area contributed by atoms with Gasteiger partial charge in [0.2, 0.25) is 5.75 Å². The highest BCUT2D eigenvalue weighted by Gasteiger charge is 2.15. The molecule has 0 fully saturated rings. The van der Waals surface area contributed by atoms with Gasteiger partial charge in [-0.2, -0.15) is 0 Å². The number of methoxy groups -OCH3 is 3. The molecule has 0 saturated heterocycles. The fourth-order valence-electron chi connectivity index (χ4n) is 2.72. The smallest absolute Gasteiger partial charge is 0.262 e. The molecule has 0 radical (unpaired) electrons. The van der Waals surface area contributed by atoms with E-state index < -0.39 is 0 Å². The summed E-state index contributed by atoms with van der Waals surface area (Å²) in [4.78, 5) is 16.7. The number of pyridine rings is 1. The van der Waals surface area contributed by atoms with Crippen LogP contribution in [0, 0.1) is 6.92 Å². The molecule has 8 nitrogen and oxygen atoms in total. The molecular weight excluding hydrogens is 350 g/mol. The van der Waals surface area contributed by atoms with E-state index in [2.05, 4.69) is 10.3 Å². The highest BCUT2D eigenvalue weighted by molar-refractivity contribution is 5.92. The van der Waals surface area contributed by atoms with Crippen LogP contribution in [0.5, 0.6) is 23.0 Å². The quantitative estimate of drug-likeness (QED) is 0.688. The third kappa shape index (κ3) is 3.89. The van der Waals surface area contributed by atoms with Crippen LogP contribution in [0.4, 0.5) is 5.69 Å². The van der Waals surface area contributed by atoms with Crippen LogP contribution in [-0.4, -0.2) is 43.2 Å². The molecule has 0 bridgehead atoms. The standard InChI is InChI=1S/C19H21N3O5/c1-12-10-22-7-5-6-14(19(22)20-12)27-11-17(23)21-13-8-15(24-2)18(26-4)16(9-13)25-3/h5-10H,11H2,1-4H3,(H,21,23). The number of aryl methyl sites for hydroxylation is 1. The van der Waals surface area contributed by atoms with Gasteiger partial charge in [-0.25, -0.2) is 4.98 Å². The lowest BCUT2D eigenvalue weighted by Crippen LogP contribution is -2.20. The van der Waals surface area contributed by atoms with Crippen LogP contribution >= 0.6 is 0 Å². The molecule has 0 atom stereocenters. The van der Waals surface area contributed by atoms with E-state index in [1.54, 1.807) is 18.2 Å². The minimum Gasteiger partial charge on any atom is -0.493 e. The van der Waals surface area contributed by atoms with Crippen LogP contribution in [0.1, 0.15) is 5.69 Å². The zero-order valence-corrected chi connectivity index (χ0v) is 15.6. The van der Waals surface area contributed by atoms with E-state index in [9.17, 15) is 4.79 Å². The van der Waals surface area contributed by atoms with Crippen LogP contribution in [0.2, 0.25) is 0 Å². The van der Waals surface area contributed by atoms with Crippen molar-refractivity contribution in [2.75, 3.05) is 33.3 Å². The van der Waals surface area contributed by atoms with Gasteiger partial charge in [0.1, 0.15) is 0 Å². The topological polar surface area (TPSA) is 83.3 Å². The predicted molar refractivity (Wildman–Crippen MR) is 100 cm³/mol. The number of nitrogens with one attached hydrogen (secondary N) is 1. The molecule has 0 aliphatic carbocycles. The van der Waals surface area contributed by atoms with Crippen molar-refractivity contribution in [1.82, 2.24) is 9.38 Å². The molecule has 2 aromatic heterocycles. The molecule has 142 valence electrons. The van der Waals surface area contributed by atoms with Crippen molar-refractivity contribution in [3.63, 3.8) is 0 Å². The number of hydrogen-bond acceptors (Lipinski definition) is 6. The molecule has 0 saturated carbocycles. The van der Waals surface area contributed by atoms with Crippen molar-refractivity contribution in [1.29, 1.82) is 0 Å². The minimum absolute atomic E-state index is 0.164. The maximum atomic E-state index is 12.3. The maximum Gasteiger partial charge on any atom is 0.262 e. The zero-order chi connectivity index (χ0) is 19.4. The highest BCUT2D eigenvalue weighted by atomic mass is 16.5. The van der Waals surface area contributed by atoms with Crippen molar-refractivity contribution in [3.05, 3.63) is 42.4 Å². The van der Waals surface area contributed by atoms with Crippen LogP contribution in [0.15, 0.2) is 36.7 Å². The van der Waals surface area contributed by atoms with Gasteiger partial charge in [0.15, 0.2) is 29.5 Å². The number of fused-ring (bicyclic) bond motifs is 1. The number of carbonyl (C=O) groups is 1. The summed E-state index contributed by atoms with van der Waals surface area (Å²) in [6.07, 6.45) is 3.76. The summed E-state index contributed by atoms with van der Waals surface area (Å²) in [5.41, 5.74) is 2.04. The first kappa shape index (κ1) is 18.4. The Labute approximate surface area is 156 Å². The van der Waals surface area contributed by atoms with Crippen LogP contribution in [0.25, 0.3) is 5.65 Å². The van der Waals surface area contributed by atoms with Gasteiger partial charge in [0, 0.05) is 30.2 Å². The van der Waals surface area contributed by atoms with Crippen LogP contribution in [-0.2, 0) is 4.79 Å².